The summed E-state index contributed by atoms with van der Waals surface area (Å²) in [5, 5.41) is 3.27. The number of piperazine rings is 1. The van der Waals surface area contributed by atoms with Crippen LogP contribution in [0.5, 0.6) is 0 Å². The van der Waals surface area contributed by atoms with Crippen molar-refractivity contribution in [1.29, 1.82) is 0 Å². The maximum atomic E-state index is 12.7. The standard InChI is InChI=1S/C18H27N3O3S/c1-15-14-19-9-12-21(15)18(22)13-16-5-7-17(8-6-16)25(23,24)20-10-3-2-4-11-20/h5-8,15,19H,2-4,9-14H2,1H3. The van der Waals surface area contributed by atoms with E-state index in [1.807, 2.05) is 11.8 Å². The van der Waals surface area contributed by atoms with Crippen LogP contribution in [0.3, 0.4) is 0 Å². The van der Waals surface area contributed by atoms with Crippen molar-refractivity contribution in [2.24, 2.45) is 0 Å². The van der Waals surface area contributed by atoms with Gasteiger partial charge in [0.15, 0.2) is 0 Å². The van der Waals surface area contributed by atoms with Crippen molar-refractivity contribution in [3.05, 3.63) is 29.8 Å². The number of carbonyl (C=O) groups excluding carboxylic acids is 1. The normalized spacial score (nSPS) is 22.8. The first kappa shape index (κ1) is 18.4. The summed E-state index contributed by atoms with van der Waals surface area (Å²) in [5.74, 6) is 0.0978. The Morgan fingerprint density at radius 3 is 2.44 bits per heavy atom. The number of carbonyl (C=O) groups is 1. The molecule has 0 bridgehead atoms. The summed E-state index contributed by atoms with van der Waals surface area (Å²) in [5.41, 5.74) is 0.855. The van der Waals surface area contributed by atoms with Gasteiger partial charge in [0.2, 0.25) is 15.9 Å². The van der Waals surface area contributed by atoms with Gasteiger partial charge in [0.1, 0.15) is 0 Å². The Kier molecular flexibility index (Phi) is 5.76. The number of benzene rings is 1. The molecule has 0 spiro atoms. The quantitative estimate of drug-likeness (QED) is 0.871. The Morgan fingerprint density at radius 1 is 1.12 bits per heavy atom. The number of amides is 1. The molecule has 1 aromatic carbocycles. The van der Waals surface area contributed by atoms with Crippen molar-refractivity contribution in [2.75, 3.05) is 32.7 Å². The minimum absolute atomic E-state index is 0.0978. The molecule has 0 saturated carbocycles. The molecule has 1 amide bonds. The zero-order valence-electron chi connectivity index (χ0n) is 14.8. The highest BCUT2D eigenvalue weighted by Gasteiger charge is 2.26. The Hall–Kier alpha value is -1.44. The van der Waals surface area contributed by atoms with Gasteiger partial charge in [-0.3, -0.25) is 4.79 Å². The fourth-order valence-corrected chi connectivity index (χ4v) is 5.04. The number of nitrogens with one attached hydrogen (secondary N) is 1. The van der Waals surface area contributed by atoms with Gasteiger partial charge in [0.25, 0.3) is 0 Å². The lowest BCUT2D eigenvalue weighted by Crippen LogP contribution is -2.52. The predicted octanol–water partition coefficient (Wildman–Crippen LogP) is 1.22. The third-order valence-corrected chi connectivity index (χ3v) is 6.97. The molecule has 138 valence electrons. The maximum absolute atomic E-state index is 12.7. The average molecular weight is 365 g/mol. The van der Waals surface area contributed by atoms with Gasteiger partial charge in [-0.25, -0.2) is 8.42 Å². The minimum Gasteiger partial charge on any atom is -0.337 e. The minimum atomic E-state index is -3.41. The van der Waals surface area contributed by atoms with Gasteiger partial charge in [-0.15, -0.1) is 0 Å². The van der Waals surface area contributed by atoms with E-state index in [9.17, 15) is 13.2 Å². The molecule has 1 N–H and O–H groups in total. The van der Waals surface area contributed by atoms with Crippen LogP contribution >= 0.6 is 0 Å². The van der Waals surface area contributed by atoms with Crippen LogP contribution in [0.15, 0.2) is 29.2 Å². The van der Waals surface area contributed by atoms with Gasteiger partial charge in [-0.05, 0) is 37.5 Å². The fraction of sp³-hybridized carbons (Fsp3) is 0.611. The van der Waals surface area contributed by atoms with Crippen LogP contribution in [-0.2, 0) is 21.2 Å². The Bertz CT molecular complexity index is 697. The van der Waals surface area contributed by atoms with Crippen LogP contribution in [0.1, 0.15) is 31.7 Å². The first-order valence-corrected chi connectivity index (χ1v) is 10.5. The summed E-state index contributed by atoms with van der Waals surface area (Å²) < 4.78 is 26.9. The third kappa shape index (κ3) is 4.22. The molecular weight excluding hydrogens is 338 g/mol. The molecule has 7 heteroatoms. The number of nitrogens with zero attached hydrogens (tertiary/aromatic N) is 2. The summed E-state index contributed by atoms with van der Waals surface area (Å²) in [6, 6.07) is 6.99. The van der Waals surface area contributed by atoms with Crippen molar-refractivity contribution >= 4 is 15.9 Å². The van der Waals surface area contributed by atoms with E-state index >= 15 is 0 Å². The van der Waals surface area contributed by atoms with Crippen molar-refractivity contribution in [1.82, 2.24) is 14.5 Å². The van der Waals surface area contributed by atoms with Crippen LogP contribution in [0.2, 0.25) is 0 Å². The molecular formula is C18H27N3O3S. The van der Waals surface area contributed by atoms with E-state index in [0.29, 0.717) is 24.4 Å². The van der Waals surface area contributed by atoms with Crippen LogP contribution in [0.25, 0.3) is 0 Å². The van der Waals surface area contributed by atoms with Gasteiger partial charge in [0, 0.05) is 38.8 Å². The van der Waals surface area contributed by atoms with Gasteiger partial charge in [-0.2, -0.15) is 4.31 Å². The molecule has 2 fully saturated rings. The average Bonchev–Trinajstić information content (AvgIpc) is 2.63. The Balaban J connectivity index is 1.66. The molecule has 0 aromatic heterocycles. The molecule has 1 atom stereocenters. The number of hydrogen-bond donors (Lipinski definition) is 1. The predicted molar refractivity (Wildman–Crippen MR) is 96.8 cm³/mol. The first-order chi connectivity index (χ1) is 12.0. The van der Waals surface area contributed by atoms with E-state index in [-0.39, 0.29) is 11.9 Å². The van der Waals surface area contributed by atoms with Crippen LogP contribution in [0.4, 0.5) is 0 Å². The smallest absolute Gasteiger partial charge is 0.243 e. The van der Waals surface area contributed by atoms with Crippen LogP contribution < -0.4 is 5.32 Å². The van der Waals surface area contributed by atoms with E-state index in [1.54, 1.807) is 28.6 Å². The van der Waals surface area contributed by atoms with Gasteiger partial charge >= 0.3 is 0 Å². The summed E-state index contributed by atoms with van der Waals surface area (Å²) in [6.07, 6.45) is 3.26. The lowest BCUT2D eigenvalue weighted by molar-refractivity contribution is -0.133. The van der Waals surface area contributed by atoms with Gasteiger partial charge in [-0.1, -0.05) is 18.6 Å². The van der Waals surface area contributed by atoms with E-state index in [2.05, 4.69) is 5.32 Å². The van der Waals surface area contributed by atoms with Crippen LogP contribution in [0, 0.1) is 0 Å². The molecule has 6 nitrogen and oxygen atoms in total. The topological polar surface area (TPSA) is 69.7 Å². The number of piperidine rings is 1. The Morgan fingerprint density at radius 2 is 1.80 bits per heavy atom. The van der Waals surface area contributed by atoms with Gasteiger partial charge < -0.3 is 10.2 Å². The molecule has 1 aromatic rings. The van der Waals surface area contributed by atoms with Crippen molar-refractivity contribution in [3.63, 3.8) is 0 Å². The summed E-state index contributed by atoms with van der Waals surface area (Å²) >= 11 is 0. The monoisotopic (exact) mass is 365 g/mol. The summed E-state index contributed by atoms with van der Waals surface area (Å²) in [4.78, 5) is 14.7. The Labute approximate surface area is 150 Å². The molecule has 0 radical (unpaired) electrons. The number of sulfonamides is 1. The maximum Gasteiger partial charge on any atom is 0.243 e. The largest absolute Gasteiger partial charge is 0.337 e. The highest BCUT2D eigenvalue weighted by Crippen LogP contribution is 2.21. The molecule has 2 aliphatic rings. The summed E-state index contributed by atoms with van der Waals surface area (Å²) in [7, 11) is -3.41. The van der Waals surface area contributed by atoms with Crippen molar-refractivity contribution < 1.29 is 13.2 Å². The SMILES string of the molecule is CC1CNCCN1C(=O)Cc1ccc(S(=O)(=O)N2CCCCC2)cc1. The van der Waals surface area contributed by atoms with E-state index in [1.165, 1.54) is 0 Å². The number of rotatable bonds is 4. The molecule has 0 aliphatic carbocycles. The van der Waals surface area contributed by atoms with Crippen molar-refractivity contribution in [3.8, 4) is 0 Å². The molecule has 3 rings (SSSR count). The first-order valence-electron chi connectivity index (χ1n) is 9.08. The third-order valence-electron chi connectivity index (χ3n) is 5.05. The molecule has 1 unspecified atom stereocenters. The zero-order valence-corrected chi connectivity index (χ0v) is 15.6. The van der Waals surface area contributed by atoms with Gasteiger partial charge in [0.05, 0.1) is 11.3 Å². The van der Waals surface area contributed by atoms with E-state index < -0.39 is 10.0 Å². The molecule has 2 heterocycles. The summed E-state index contributed by atoms with van der Waals surface area (Å²) in [6.45, 7) is 5.61. The number of hydrogen-bond acceptors (Lipinski definition) is 4. The van der Waals surface area contributed by atoms with Crippen LogP contribution in [-0.4, -0.2) is 62.3 Å². The highest BCUT2D eigenvalue weighted by atomic mass is 32.2. The second kappa shape index (κ2) is 7.85. The lowest BCUT2D eigenvalue weighted by atomic mass is 10.1. The molecule has 25 heavy (non-hydrogen) atoms. The zero-order chi connectivity index (χ0) is 17.9. The second-order valence-electron chi connectivity index (χ2n) is 6.93. The van der Waals surface area contributed by atoms with E-state index in [0.717, 1.165) is 44.5 Å². The lowest BCUT2D eigenvalue weighted by Gasteiger charge is -2.34. The van der Waals surface area contributed by atoms with E-state index in [4.69, 9.17) is 0 Å². The fourth-order valence-electron chi connectivity index (χ4n) is 3.52. The second-order valence-corrected chi connectivity index (χ2v) is 8.86. The molecule has 2 saturated heterocycles. The highest BCUT2D eigenvalue weighted by molar-refractivity contribution is 7.89. The van der Waals surface area contributed by atoms with Crippen molar-refractivity contribution in [2.45, 2.75) is 43.5 Å². The molecule has 2 aliphatic heterocycles.